The van der Waals surface area contributed by atoms with Crippen molar-refractivity contribution >= 4 is 5.97 Å². The predicted molar refractivity (Wildman–Crippen MR) is 46.9 cm³/mol. The van der Waals surface area contributed by atoms with Gasteiger partial charge in [0.05, 0.1) is 19.3 Å². The zero-order valence-corrected chi connectivity index (χ0v) is 8.53. The molecule has 0 saturated heterocycles. The Hall–Kier alpha value is -0.983. The number of hydrogen-bond acceptors (Lipinski definition) is 3. The molecule has 0 radical (unpaired) electrons. The van der Waals surface area contributed by atoms with Gasteiger partial charge in [-0.05, 0) is 29.8 Å². The summed E-state index contributed by atoms with van der Waals surface area (Å²) in [6, 6.07) is 5.81. The normalized spacial score (nSPS) is 9.13. The molecule has 0 aliphatic rings. The number of aromatic carboxylic acids is 1. The van der Waals surface area contributed by atoms with Gasteiger partial charge >= 0.3 is 18.9 Å². The molecule has 0 aliphatic heterocycles. The molecule has 0 spiro atoms. The fourth-order valence-electron chi connectivity index (χ4n) is 0.932. The van der Waals surface area contributed by atoms with Crippen LogP contribution in [0.25, 0.3) is 0 Å². The van der Waals surface area contributed by atoms with Crippen molar-refractivity contribution in [1.82, 2.24) is 0 Å². The number of carboxylic acid groups (broad SMARTS) is 1. The summed E-state index contributed by atoms with van der Waals surface area (Å²) in [6.07, 6.45) is 0.336. The van der Waals surface area contributed by atoms with Gasteiger partial charge in [0.1, 0.15) is 5.75 Å². The van der Waals surface area contributed by atoms with Crippen LogP contribution in [0.4, 0.5) is 4.39 Å². The molecule has 0 aromatic heterocycles. The molecule has 0 bridgehead atoms. The SMILES string of the molecule is O=C([O-])c1ccc(OCCCF)cc1.[Li+]. The first-order chi connectivity index (χ1) is 6.74. The summed E-state index contributed by atoms with van der Waals surface area (Å²) in [4.78, 5) is 10.4. The maximum absolute atomic E-state index is 11.7. The number of halogens is 1. The molecule has 0 N–H and O–H groups in total. The summed E-state index contributed by atoms with van der Waals surface area (Å²) in [5, 5.41) is 10.4. The smallest absolute Gasteiger partial charge is 0.545 e. The number of hydrogen-bond donors (Lipinski definition) is 0. The molecule has 0 aliphatic carbocycles. The third-order valence-electron chi connectivity index (χ3n) is 1.64. The van der Waals surface area contributed by atoms with Crippen molar-refractivity contribution in [2.24, 2.45) is 0 Å². The Morgan fingerprint density at radius 1 is 1.33 bits per heavy atom. The molecule has 1 aromatic carbocycles. The Bertz CT molecular complexity index is 300. The van der Waals surface area contributed by atoms with Crippen LogP contribution in [-0.2, 0) is 0 Å². The van der Waals surface area contributed by atoms with Crippen LogP contribution in [0.5, 0.6) is 5.75 Å². The Morgan fingerprint density at radius 3 is 2.40 bits per heavy atom. The first-order valence-corrected chi connectivity index (χ1v) is 4.24. The molecule has 15 heavy (non-hydrogen) atoms. The molecule has 0 saturated carbocycles. The van der Waals surface area contributed by atoms with Gasteiger partial charge in [-0.15, -0.1) is 0 Å². The maximum Gasteiger partial charge on any atom is 1.00 e. The van der Waals surface area contributed by atoms with Crippen LogP contribution in [0.2, 0.25) is 0 Å². The Balaban J connectivity index is 0.00000196. The van der Waals surface area contributed by atoms with E-state index in [0.717, 1.165) is 0 Å². The number of carboxylic acids is 1. The van der Waals surface area contributed by atoms with Crippen LogP contribution in [0, 0.1) is 0 Å². The molecule has 76 valence electrons. The van der Waals surface area contributed by atoms with E-state index in [1.165, 1.54) is 24.3 Å². The van der Waals surface area contributed by atoms with Crippen LogP contribution in [0.1, 0.15) is 16.8 Å². The minimum atomic E-state index is -1.22. The van der Waals surface area contributed by atoms with Gasteiger partial charge in [0, 0.05) is 6.42 Å². The average Bonchev–Trinajstić information content (AvgIpc) is 2.19. The molecule has 0 unspecified atom stereocenters. The third kappa shape index (κ3) is 4.87. The molecular weight excluding hydrogens is 194 g/mol. The summed E-state index contributed by atoms with van der Waals surface area (Å²) in [7, 11) is 0. The van der Waals surface area contributed by atoms with E-state index in [1.54, 1.807) is 0 Å². The number of carbonyl (C=O) groups excluding carboxylic acids is 1. The van der Waals surface area contributed by atoms with Crippen LogP contribution in [0.15, 0.2) is 24.3 Å². The molecule has 3 nitrogen and oxygen atoms in total. The van der Waals surface area contributed by atoms with E-state index in [9.17, 15) is 14.3 Å². The average molecular weight is 204 g/mol. The number of benzene rings is 1. The van der Waals surface area contributed by atoms with Crippen molar-refractivity contribution in [3.8, 4) is 5.75 Å². The van der Waals surface area contributed by atoms with Gasteiger partial charge in [-0.2, -0.15) is 0 Å². The van der Waals surface area contributed by atoms with Crippen molar-refractivity contribution < 1.29 is 37.9 Å². The predicted octanol–water partition coefficient (Wildman–Crippen LogP) is -2.21. The van der Waals surface area contributed by atoms with E-state index in [-0.39, 0.29) is 24.4 Å². The molecular formula is C10H10FLiO3. The number of carbonyl (C=O) groups is 1. The van der Waals surface area contributed by atoms with E-state index < -0.39 is 12.6 Å². The zero-order valence-electron chi connectivity index (χ0n) is 8.53. The van der Waals surface area contributed by atoms with Crippen LogP contribution in [0.3, 0.4) is 0 Å². The van der Waals surface area contributed by atoms with Gasteiger partial charge in [-0.25, -0.2) is 0 Å². The van der Waals surface area contributed by atoms with E-state index in [0.29, 0.717) is 18.8 Å². The number of ether oxygens (including phenoxy) is 1. The Labute approximate surface area is 99.4 Å². The topological polar surface area (TPSA) is 49.4 Å². The van der Waals surface area contributed by atoms with Gasteiger partial charge in [-0.1, -0.05) is 0 Å². The van der Waals surface area contributed by atoms with Crippen LogP contribution < -0.4 is 28.7 Å². The van der Waals surface area contributed by atoms with Gasteiger partial charge in [-0.3, -0.25) is 4.39 Å². The zero-order chi connectivity index (χ0) is 10.4. The van der Waals surface area contributed by atoms with Crippen molar-refractivity contribution in [2.75, 3.05) is 13.3 Å². The second-order valence-electron chi connectivity index (χ2n) is 2.70. The third-order valence-corrected chi connectivity index (χ3v) is 1.64. The summed E-state index contributed by atoms with van der Waals surface area (Å²) in [5.74, 6) is -0.691. The Kier molecular flexibility index (Phi) is 6.85. The van der Waals surface area contributed by atoms with E-state index in [2.05, 4.69) is 0 Å². The van der Waals surface area contributed by atoms with Crippen molar-refractivity contribution in [3.05, 3.63) is 29.8 Å². The standard InChI is InChI=1S/C10H11FO3.Li/c11-6-1-7-14-9-4-2-8(3-5-9)10(12)13;/h2-5H,1,6-7H2,(H,12,13);/q;+1/p-1. The minimum Gasteiger partial charge on any atom is -0.545 e. The molecule has 0 atom stereocenters. The largest absolute Gasteiger partial charge is 1.00 e. The summed E-state index contributed by atoms with van der Waals surface area (Å²) < 4.78 is 16.8. The van der Waals surface area contributed by atoms with E-state index >= 15 is 0 Å². The molecule has 1 rings (SSSR count). The summed E-state index contributed by atoms with van der Waals surface area (Å²) >= 11 is 0. The quantitative estimate of drug-likeness (QED) is 0.403. The minimum absolute atomic E-state index is 0. The van der Waals surface area contributed by atoms with Gasteiger partial charge in [0.25, 0.3) is 0 Å². The summed E-state index contributed by atoms with van der Waals surface area (Å²) in [6.45, 7) is -0.127. The molecule has 0 fully saturated rings. The van der Waals surface area contributed by atoms with Crippen LogP contribution in [-0.4, -0.2) is 19.3 Å². The van der Waals surface area contributed by atoms with E-state index in [1.807, 2.05) is 0 Å². The van der Waals surface area contributed by atoms with Gasteiger partial charge in [0.2, 0.25) is 0 Å². The summed E-state index contributed by atoms with van der Waals surface area (Å²) in [5.41, 5.74) is 0.0999. The molecule has 5 heteroatoms. The fourth-order valence-corrected chi connectivity index (χ4v) is 0.932. The molecule has 0 amide bonds. The van der Waals surface area contributed by atoms with Crippen molar-refractivity contribution in [3.63, 3.8) is 0 Å². The number of rotatable bonds is 5. The first-order valence-electron chi connectivity index (χ1n) is 4.24. The van der Waals surface area contributed by atoms with E-state index in [4.69, 9.17) is 4.74 Å². The van der Waals surface area contributed by atoms with Crippen molar-refractivity contribution in [1.29, 1.82) is 0 Å². The number of alkyl halides is 1. The molecule has 0 heterocycles. The van der Waals surface area contributed by atoms with Crippen molar-refractivity contribution in [2.45, 2.75) is 6.42 Å². The van der Waals surface area contributed by atoms with Gasteiger partial charge < -0.3 is 14.6 Å². The molecule has 1 aromatic rings. The Morgan fingerprint density at radius 2 is 1.93 bits per heavy atom. The van der Waals surface area contributed by atoms with Gasteiger partial charge in [0.15, 0.2) is 0 Å². The maximum atomic E-state index is 11.7. The second-order valence-corrected chi connectivity index (χ2v) is 2.70. The fraction of sp³-hybridized carbons (Fsp3) is 0.300. The first kappa shape index (κ1) is 14.0. The van der Waals surface area contributed by atoms with Crippen LogP contribution >= 0.6 is 0 Å². The second kappa shape index (κ2) is 7.33. The monoisotopic (exact) mass is 204 g/mol.